The summed E-state index contributed by atoms with van der Waals surface area (Å²) in [6.07, 6.45) is 1.40. The van der Waals surface area contributed by atoms with Crippen LogP contribution in [0, 0.1) is 0 Å². The average Bonchev–Trinajstić information content (AvgIpc) is 2.43. The van der Waals surface area contributed by atoms with Crippen molar-refractivity contribution in [3.63, 3.8) is 0 Å². The van der Waals surface area contributed by atoms with Crippen LogP contribution in [0.5, 0.6) is 11.5 Å². The quantitative estimate of drug-likeness (QED) is 0.741. The molecule has 3 rings (SSSR count). The summed E-state index contributed by atoms with van der Waals surface area (Å²) in [5.41, 5.74) is 2.39. The minimum atomic E-state index is -0.377. The van der Waals surface area contributed by atoms with E-state index < -0.39 is 0 Å². The Morgan fingerprint density at radius 2 is 1.61 bits per heavy atom. The van der Waals surface area contributed by atoms with E-state index in [1.807, 2.05) is 6.07 Å². The Labute approximate surface area is 103 Å². The minimum absolute atomic E-state index is 0.328. The molecule has 0 spiro atoms. The molecule has 4 heteroatoms. The first-order valence-electron chi connectivity index (χ1n) is 5.74. The van der Waals surface area contributed by atoms with Gasteiger partial charge in [0.2, 0.25) is 10.9 Å². The molecule has 2 aromatic rings. The molecule has 0 radical (unpaired) electrons. The van der Waals surface area contributed by atoms with Gasteiger partial charge in [0.15, 0.2) is 11.5 Å². The van der Waals surface area contributed by atoms with Gasteiger partial charge in [-0.3, -0.25) is 9.59 Å². The lowest BCUT2D eigenvalue weighted by Crippen LogP contribution is -2.39. The fraction of sp³-hybridized carbons (Fsp3) is 0.286. The van der Waals surface area contributed by atoms with Gasteiger partial charge in [-0.05, 0) is 36.1 Å². The molecule has 1 aliphatic carbocycles. The fourth-order valence-corrected chi connectivity index (χ4v) is 2.58. The van der Waals surface area contributed by atoms with E-state index >= 15 is 0 Å². The van der Waals surface area contributed by atoms with E-state index in [2.05, 4.69) is 0 Å². The lowest BCUT2D eigenvalue weighted by atomic mass is 9.81. The highest BCUT2D eigenvalue weighted by atomic mass is 16.5. The van der Waals surface area contributed by atoms with Crippen LogP contribution in [0.15, 0.2) is 21.7 Å². The standard InChI is InChI=1S/C14H12O4/c1-17-10-5-7-3-4-8-12(14(16)13(8)15)9(7)6-11(10)18-2/h5-6H,3-4H2,1-2H3. The SMILES string of the molecule is COc1cc2c(cc1OC)-c1c(c(=O)c1=O)CC2. The van der Waals surface area contributed by atoms with Crippen molar-refractivity contribution in [2.24, 2.45) is 0 Å². The van der Waals surface area contributed by atoms with Gasteiger partial charge in [0, 0.05) is 11.1 Å². The third kappa shape index (κ3) is 1.26. The Hall–Kier alpha value is -2.10. The Morgan fingerprint density at radius 3 is 2.28 bits per heavy atom. The first-order valence-corrected chi connectivity index (χ1v) is 5.74. The number of benzene rings is 1. The predicted octanol–water partition coefficient (Wildman–Crippen LogP) is 1.07. The van der Waals surface area contributed by atoms with Gasteiger partial charge in [-0.2, -0.15) is 0 Å². The summed E-state index contributed by atoms with van der Waals surface area (Å²) < 4.78 is 10.5. The Kier molecular flexibility index (Phi) is 2.26. The van der Waals surface area contributed by atoms with Crippen LogP contribution in [-0.4, -0.2) is 14.2 Å². The molecule has 0 fully saturated rings. The molecule has 0 aromatic heterocycles. The van der Waals surface area contributed by atoms with Crippen molar-refractivity contribution < 1.29 is 9.47 Å². The lowest BCUT2D eigenvalue weighted by molar-refractivity contribution is 0.354. The summed E-state index contributed by atoms with van der Waals surface area (Å²) in [5, 5.41) is 0. The second kappa shape index (κ2) is 3.70. The maximum Gasteiger partial charge on any atom is 0.234 e. The molecule has 0 unspecified atom stereocenters. The Balaban J connectivity index is 2.25. The van der Waals surface area contributed by atoms with Gasteiger partial charge >= 0.3 is 0 Å². The van der Waals surface area contributed by atoms with E-state index in [1.54, 1.807) is 20.3 Å². The molecule has 0 saturated heterocycles. The number of hydrogen-bond acceptors (Lipinski definition) is 4. The largest absolute Gasteiger partial charge is 0.493 e. The Morgan fingerprint density at radius 1 is 0.944 bits per heavy atom. The summed E-state index contributed by atoms with van der Waals surface area (Å²) in [7, 11) is 3.13. The van der Waals surface area contributed by atoms with Gasteiger partial charge in [-0.1, -0.05) is 0 Å². The van der Waals surface area contributed by atoms with E-state index in [0.717, 1.165) is 17.5 Å². The summed E-state index contributed by atoms with van der Waals surface area (Å²) >= 11 is 0. The van der Waals surface area contributed by atoms with Crippen LogP contribution in [0.25, 0.3) is 11.1 Å². The lowest BCUT2D eigenvalue weighted by Gasteiger charge is -2.22. The summed E-state index contributed by atoms with van der Waals surface area (Å²) in [4.78, 5) is 23.1. The molecule has 0 bridgehead atoms. The van der Waals surface area contributed by atoms with E-state index in [-0.39, 0.29) is 10.9 Å². The van der Waals surface area contributed by atoms with Gasteiger partial charge in [-0.15, -0.1) is 0 Å². The molecule has 4 nitrogen and oxygen atoms in total. The number of fused-ring (bicyclic) bond motifs is 3. The molecule has 0 aliphatic heterocycles. The van der Waals surface area contributed by atoms with E-state index in [1.165, 1.54) is 0 Å². The first kappa shape index (κ1) is 11.0. The number of rotatable bonds is 2. The molecule has 0 amide bonds. The molecular weight excluding hydrogens is 232 g/mol. The van der Waals surface area contributed by atoms with Gasteiger partial charge in [0.1, 0.15) is 0 Å². The second-order valence-electron chi connectivity index (χ2n) is 4.38. The zero-order chi connectivity index (χ0) is 12.9. The third-order valence-corrected chi connectivity index (χ3v) is 3.53. The minimum Gasteiger partial charge on any atom is -0.493 e. The molecule has 0 atom stereocenters. The molecule has 1 aliphatic rings. The number of aryl methyl sites for hydroxylation is 1. The number of hydrogen-bond donors (Lipinski definition) is 0. The van der Waals surface area contributed by atoms with Crippen molar-refractivity contribution in [3.8, 4) is 22.6 Å². The monoisotopic (exact) mass is 244 g/mol. The highest BCUT2D eigenvalue weighted by molar-refractivity contribution is 5.78. The van der Waals surface area contributed by atoms with Crippen molar-refractivity contribution in [2.75, 3.05) is 14.2 Å². The van der Waals surface area contributed by atoms with Gasteiger partial charge in [0.05, 0.1) is 14.2 Å². The summed E-state index contributed by atoms with van der Waals surface area (Å²) in [5.74, 6) is 1.23. The molecule has 0 heterocycles. The van der Waals surface area contributed by atoms with Gasteiger partial charge in [-0.25, -0.2) is 0 Å². The molecule has 92 valence electrons. The van der Waals surface area contributed by atoms with E-state index in [0.29, 0.717) is 29.0 Å². The normalized spacial score (nSPS) is 13.0. The molecule has 0 N–H and O–H groups in total. The van der Waals surface area contributed by atoms with E-state index in [9.17, 15) is 9.59 Å². The molecule has 2 aromatic carbocycles. The predicted molar refractivity (Wildman–Crippen MR) is 67.3 cm³/mol. The van der Waals surface area contributed by atoms with Crippen LogP contribution in [0.3, 0.4) is 0 Å². The topological polar surface area (TPSA) is 52.6 Å². The first-order chi connectivity index (χ1) is 8.67. The summed E-state index contributed by atoms with van der Waals surface area (Å²) in [6, 6.07) is 3.67. The van der Waals surface area contributed by atoms with E-state index in [4.69, 9.17) is 9.47 Å². The van der Waals surface area contributed by atoms with Crippen LogP contribution in [0.4, 0.5) is 0 Å². The van der Waals surface area contributed by atoms with Crippen LogP contribution in [-0.2, 0) is 12.8 Å². The zero-order valence-corrected chi connectivity index (χ0v) is 10.2. The number of ether oxygens (including phenoxy) is 2. The van der Waals surface area contributed by atoms with Crippen LogP contribution >= 0.6 is 0 Å². The van der Waals surface area contributed by atoms with Crippen LogP contribution in [0.2, 0.25) is 0 Å². The average molecular weight is 244 g/mol. The van der Waals surface area contributed by atoms with Crippen LogP contribution < -0.4 is 20.3 Å². The van der Waals surface area contributed by atoms with Crippen molar-refractivity contribution in [2.45, 2.75) is 12.8 Å². The number of methoxy groups -OCH3 is 2. The van der Waals surface area contributed by atoms with Gasteiger partial charge < -0.3 is 9.47 Å². The maximum atomic E-state index is 11.6. The van der Waals surface area contributed by atoms with Crippen LogP contribution in [0.1, 0.15) is 11.1 Å². The van der Waals surface area contributed by atoms with Crippen molar-refractivity contribution in [3.05, 3.63) is 43.7 Å². The molecular formula is C14H12O4. The maximum absolute atomic E-state index is 11.6. The highest BCUT2D eigenvalue weighted by Crippen LogP contribution is 2.38. The highest BCUT2D eigenvalue weighted by Gasteiger charge is 2.28. The van der Waals surface area contributed by atoms with Crippen molar-refractivity contribution in [1.29, 1.82) is 0 Å². The molecule has 0 saturated carbocycles. The van der Waals surface area contributed by atoms with Crippen molar-refractivity contribution in [1.82, 2.24) is 0 Å². The molecule has 18 heavy (non-hydrogen) atoms. The Bertz CT molecular complexity index is 705. The summed E-state index contributed by atoms with van der Waals surface area (Å²) in [6.45, 7) is 0. The fourth-order valence-electron chi connectivity index (χ4n) is 2.58. The second-order valence-corrected chi connectivity index (χ2v) is 4.38. The van der Waals surface area contributed by atoms with Gasteiger partial charge in [0.25, 0.3) is 0 Å². The smallest absolute Gasteiger partial charge is 0.234 e. The zero-order valence-electron chi connectivity index (χ0n) is 10.2. The van der Waals surface area contributed by atoms with Crippen molar-refractivity contribution >= 4 is 0 Å². The third-order valence-electron chi connectivity index (χ3n) is 3.53.